The quantitative estimate of drug-likeness (QED) is 0.817. The maximum atomic E-state index is 13.0. The fraction of sp³-hybridized carbons (Fsp3) is 0.462. The van der Waals surface area contributed by atoms with E-state index in [4.69, 9.17) is 4.52 Å². The lowest BCUT2D eigenvalue weighted by Gasteiger charge is -2.49. The SMILES string of the molecule is COC1(C(F)(F)F)CN(Cc2noc3cc(F)ccc23)C1. The molecule has 1 saturated heterocycles. The smallest absolute Gasteiger partial charge is 0.366 e. The molecule has 1 aliphatic rings. The van der Waals surface area contributed by atoms with Gasteiger partial charge in [0.25, 0.3) is 0 Å². The van der Waals surface area contributed by atoms with E-state index in [-0.39, 0.29) is 25.2 Å². The van der Waals surface area contributed by atoms with E-state index in [0.717, 1.165) is 7.11 Å². The first-order valence-corrected chi connectivity index (χ1v) is 6.23. The van der Waals surface area contributed by atoms with E-state index in [1.165, 1.54) is 18.2 Å². The summed E-state index contributed by atoms with van der Waals surface area (Å²) in [5, 5.41) is 4.38. The Morgan fingerprint density at radius 3 is 2.71 bits per heavy atom. The van der Waals surface area contributed by atoms with E-state index >= 15 is 0 Å². The number of nitrogens with zero attached hydrogens (tertiary/aromatic N) is 2. The molecule has 114 valence electrons. The Balaban J connectivity index is 1.74. The number of benzene rings is 1. The summed E-state index contributed by atoms with van der Waals surface area (Å²) in [7, 11) is 1.05. The van der Waals surface area contributed by atoms with E-state index in [1.54, 1.807) is 4.90 Å². The Morgan fingerprint density at radius 2 is 2.10 bits per heavy atom. The van der Waals surface area contributed by atoms with Gasteiger partial charge >= 0.3 is 6.18 Å². The van der Waals surface area contributed by atoms with Gasteiger partial charge in [0, 0.05) is 38.2 Å². The third-order valence-electron chi connectivity index (χ3n) is 3.75. The fourth-order valence-corrected chi connectivity index (χ4v) is 2.50. The second-order valence-electron chi connectivity index (χ2n) is 5.11. The summed E-state index contributed by atoms with van der Waals surface area (Å²) in [6.45, 7) is -0.328. The van der Waals surface area contributed by atoms with Crippen LogP contribution in [-0.4, -0.2) is 42.0 Å². The van der Waals surface area contributed by atoms with Crippen molar-refractivity contribution in [1.29, 1.82) is 0 Å². The number of alkyl halides is 3. The Morgan fingerprint density at radius 1 is 1.38 bits per heavy atom. The summed E-state index contributed by atoms with van der Waals surface area (Å²) in [5.41, 5.74) is -1.35. The van der Waals surface area contributed by atoms with Crippen LogP contribution in [0, 0.1) is 5.82 Å². The summed E-state index contributed by atoms with van der Waals surface area (Å²) in [4.78, 5) is 1.55. The van der Waals surface area contributed by atoms with Gasteiger partial charge in [-0.05, 0) is 12.1 Å². The molecule has 3 rings (SSSR count). The van der Waals surface area contributed by atoms with Gasteiger partial charge in [0.1, 0.15) is 11.5 Å². The molecule has 0 spiro atoms. The van der Waals surface area contributed by atoms with Gasteiger partial charge in [-0.25, -0.2) is 4.39 Å². The van der Waals surface area contributed by atoms with Crippen molar-refractivity contribution in [3.8, 4) is 0 Å². The number of likely N-dealkylation sites (tertiary alicyclic amines) is 1. The number of hydrogen-bond donors (Lipinski definition) is 0. The predicted molar refractivity (Wildman–Crippen MR) is 65.0 cm³/mol. The number of methoxy groups -OCH3 is 1. The van der Waals surface area contributed by atoms with Crippen molar-refractivity contribution in [2.45, 2.75) is 18.3 Å². The molecule has 0 amide bonds. The number of fused-ring (bicyclic) bond motifs is 1. The average Bonchev–Trinajstić information content (AvgIpc) is 2.73. The zero-order chi connectivity index (χ0) is 15.3. The van der Waals surface area contributed by atoms with Gasteiger partial charge in [0.05, 0.1) is 0 Å². The minimum absolute atomic E-state index is 0.194. The first-order chi connectivity index (χ1) is 9.84. The summed E-state index contributed by atoms with van der Waals surface area (Å²) < 4.78 is 61.3. The maximum Gasteiger partial charge on any atom is 0.419 e. The Hall–Kier alpha value is -1.67. The fourth-order valence-electron chi connectivity index (χ4n) is 2.50. The molecule has 0 bridgehead atoms. The topological polar surface area (TPSA) is 38.5 Å². The lowest BCUT2D eigenvalue weighted by atomic mass is 9.92. The monoisotopic (exact) mass is 304 g/mol. The van der Waals surface area contributed by atoms with Crippen LogP contribution in [0.5, 0.6) is 0 Å². The average molecular weight is 304 g/mol. The van der Waals surface area contributed by atoms with Gasteiger partial charge in [-0.3, -0.25) is 4.90 Å². The van der Waals surface area contributed by atoms with Crippen LogP contribution in [0.3, 0.4) is 0 Å². The molecule has 0 aliphatic carbocycles. The molecule has 0 saturated carbocycles. The van der Waals surface area contributed by atoms with Crippen LogP contribution < -0.4 is 0 Å². The number of aromatic nitrogens is 1. The predicted octanol–water partition coefficient (Wildman–Crippen LogP) is 2.73. The lowest BCUT2D eigenvalue weighted by Crippen LogP contribution is -2.69. The van der Waals surface area contributed by atoms with Crippen molar-refractivity contribution < 1.29 is 26.8 Å². The van der Waals surface area contributed by atoms with Crippen LogP contribution in [0.15, 0.2) is 22.7 Å². The molecule has 1 aromatic carbocycles. The highest BCUT2D eigenvalue weighted by atomic mass is 19.4. The standard InChI is InChI=1S/C13H12F4N2O2/c1-20-12(13(15,16)17)6-19(7-12)5-10-9-3-2-8(14)4-11(9)21-18-10/h2-4H,5-7H2,1H3. The third kappa shape index (κ3) is 2.28. The Kier molecular flexibility index (Phi) is 3.18. The van der Waals surface area contributed by atoms with Gasteiger partial charge in [0.15, 0.2) is 11.2 Å². The summed E-state index contributed by atoms with van der Waals surface area (Å²) in [5.74, 6) is -0.454. The summed E-state index contributed by atoms with van der Waals surface area (Å²) in [6.07, 6.45) is -4.41. The highest BCUT2D eigenvalue weighted by Gasteiger charge is 2.62. The molecule has 1 aliphatic heterocycles. The van der Waals surface area contributed by atoms with Crippen molar-refractivity contribution in [3.05, 3.63) is 29.7 Å². The number of hydrogen-bond acceptors (Lipinski definition) is 4. The first-order valence-electron chi connectivity index (χ1n) is 6.23. The molecule has 0 N–H and O–H groups in total. The van der Waals surface area contributed by atoms with Crippen molar-refractivity contribution in [1.82, 2.24) is 10.1 Å². The molecule has 2 aromatic rings. The van der Waals surface area contributed by atoms with Gasteiger partial charge in [-0.15, -0.1) is 0 Å². The highest BCUT2D eigenvalue weighted by molar-refractivity contribution is 5.79. The largest absolute Gasteiger partial charge is 0.419 e. The van der Waals surface area contributed by atoms with Gasteiger partial charge < -0.3 is 9.26 Å². The van der Waals surface area contributed by atoms with Crippen LogP contribution in [-0.2, 0) is 11.3 Å². The van der Waals surface area contributed by atoms with Gasteiger partial charge in [0.2, 0.25) is 0 Å². The molecule has 2 heterocycles. The molecular formula is C13H12F4N2O2. The zero-order valence-corrected chi connectivity index (χ0v) is 11.1. The normalized spacial score (nSPS) is 18.9. The molecular weight excluding hydrogens is 292 g/mol. The number of ether oxygens (including phenoxy) is 1. The second-order valence-corrected chi connectivity index (χ2v) is 5.11. The van der Waals surface area contributed by atoms with Crippen LogP contribution >= 0.6 is 0 Å². The van der Waals surface area contributed by atoms with Crippen LogP contribution in [0.4, 0.5) is 17.6 Å². The molecule has 0 radical (unpaired) electrons. The first kappa shape index (κ1) is 14.3. The van der Waals surface area contributed by atoms with Gasteiger partial charge in [-0.1, -0.05) is 5.16 Å². The van der Waals surface area contributed by atoms with Crippen LogP contribution in [0.25, 0.3) is 11.0 Å². The lowest BCUT2D eigenvalue weighted by molar-refractivity contribution is -0.312. The molecule has 0 atom stereocenters. The zero-order valence-electron chi connectivity index (χ0n) is 11.1. The minimum Gasteiger partial charge on any atom is -0.366 e. The minimum atomic E-state index is -4.41. The number of rotatable bonds is 3. The molecule has 8 heteroatoms. The van der Waals surface area contributed by atoms with Crippen LogP contribution in [0.2, 0.25) is 0 Å². The summed E-state index contributed by atoms with van der Waals surface area (Å²) >= 11 is 0. The van der Waals surface area contributed by atoms with E-state index in [9.17, 15) is 17.6 Å². The van der Waals surface area contributed by atoms with E-state index in [0.29, 0.717) is 11.1 Å². The summed E-state index contributed by atoms with van der Waals surface area (Å²) in [6, 6.07) is 3.95. The van der Waals surface area contributed by atoms with E-state index in [2.05, 4.69) is 9.89 Å². The number of halogens is 4. The molecule has 1 fully saturated rings. The Bertz CT molecular complexity index is 662. The van der Waals surface area contributed by atoms with Gasteiger partial charge in [-0.2, -0.15) is 13.2 Å². The molecule has 1 aromatic heterocycles. The Labute approximate surface area is 117 Å². The molecule has 21 heavy (non-hydrogen) atoms. The van der Waals surface area contributed by atoms with Crippen molar-refractivity contribution in [2.75, 3.05) is 20.2 Å². The molecule has 0 unspecified atom stereocenters. The maximum absolute atomic E-state index is 13.0. The molecule has 4 nitrogen and oxygen atoms in total. The van der Waals surface area contributed by atoms with E-state index < -0.39 is 17.6 Å². The van der Waals surface area contributed by atoms with E-state index in [1.807, 2.05) is 0 Å². The van der Waals surface area contributed by atoms with Crippen molar-refractivity contribution in [3.63, 3.8) is 0 Å². The second kappa shape index (κ2) is 4.67. The van der Waals surface area contributed by atoms with Crippen molar-refractivity contribution in [2.24, 2.45) is 0 Å². The van der Waals surface area contributed by atoms with Crippen molar-refractivity contribution >= 4 is 11.0 Å². The third-order valence-corrected chi connectivity index (χ3v) is 3.75. The van der Waals surface area contributed by atoms with Crippen LogP contribution in [0.1, 0.15) is 5.69 Å². The highest BCUT2D eigenvalue weighted by Crippen LogP contribution is 2.41.